The van der Waals surface area contributed by atoms with E-state index >= 15 is 0 Å². The van der Waals surface area contributed by atoms with Gasteiger partial charge in [0.15, 0.2) is 0 Å². The van der Waals surface area contributed by atoms with E-state index in [9.17, 15) is 9.90 Å². The molecule has 0 heterocycles. The van der Waals surface area contributed by atoms with Gasteiger partial charge in [-0.25, -0.2) is 0 Å². The Labute approximate surface area is 95.5 Å². The van der Waals surface area contributed by atoms with Crippen molar-refractivity contribution in [1.29, 1.82) is 0 Å². The van der Waals surface area contributed by atoms with E-state index in [-0.39, 0.29) is 17.9 Å². The van der Waals surface area contributed by atoms with E-state index in [4.69, 9.17) is 0 Å². The summed E-state index contributed by atoms with van der Waals surface area (Å²) in [5.41, 5.74) is 1.11. The quantitative estimate of drug-likeness (QED) is 0.808. The molecule has 1 fully saturated rings. The van der Waals surface area contributed by atoms with Crippen LogP contribution < -0.4 is 5.32 Å². The molecule has 1 amide bonds. The second kappa shape index (κ2) is 5.12. The van der Waals surface area contributed by atoms with Gasteiger partial charge < -0.3 is 10.4 Å². The van der Waals surface area contributed by atoms with Crippen LogP contribution >= 0.6 is 0 Å². The third-order valence-corrected chi connectivity index (χ3v) is 3.09. The molecule has 2 N–H and O–H groups in total. The number of rotatable bonds is 3. The van der Waals surface area contributed by atoms with Gasteiger partial charge in [-0.15, -0.1) is 0 Å². The molecule has 0 spiro atoms. The molecule has 0 unspecified atom stereocenters. The maximum absolute atomic E-state index is 11.7. The van der Waals surface area contributed by atoms with Gasteiger partial charge in [0.2, 0.25) is 5.91 Å². The Bertz CT molecular complexity index is 350. The summed E-state index contributed by atoms with van der Waals surface area (Å²) in [6.07, 6.45) is 1.89. The van der Waals surface area contributed by atoms with Crippen molar-refractivity contribution in [2.24, 2.45) is 5.92 Å². The fourth-order valence-corrected chi connectivity index (χ4v) is 2.13. The van der Waals surface area contributed by atoms with Crippen molar-refractivity contribution >= 4 is 5.91 Å². The first-order valence-electron chi connectivity index (χ1n) is 5.75. The zero-order chi connectivity index (χ0) is 11.4. The van der Waals surface area contributed by atoms with Crippen LogP contribution in [0.4, 0.5) is 0 Å². The predicted octanol–water partition coefficient (Wildman–Crippen LogP) is 1.46. The summed E-state index contributed by atoms with van der Waals surface area (Å²) >= 11 is 0. The van der Waals surface area contributed by atoms with Gasteiger partial charge in [-0.2, -0.15) is 0 Å². The van der Waals surface area contributed by atoms with Crippen LogP contribution in [0, 0.1) is 5.92 Å². The molecule has 0 radical (unpaired) electrons. The van der Waals surface area contributed by atoms with E-state index < -0.39 is 0 Å². The number of hydrogen-bond acceptors (Lipinski definition) is 2. The van der Waals surface area contributed by atoms with Crippen molar-refractivity contribution < 1.29 is 9.90 Å². The highest BCUT2D eigenvalue weighted by Crippen LogP contribution is 2.25. The van der Waals surface area contributed by atoms with E-state index in [2.05, 4.69) is 5.32 Å². The first-order valence-corrected chi connectivity index (χ1v) is 5.75. The van der Waals surface area contributed by atoms with Gasteiger partial charge in [-0.1, -0.05) is 30.3 Å². The molecular weight excluding hydrogens is 202 g/mol. The minimum absolute atomic E-state index is 0.00119. The average Bonchev–Trinajstić information content (AvgIpc) is 2.74. The Balaban J connectivity index is 1.80. The van der Waals surface area contributed by atoms with Gasteiger partial charge >= 0.3 is 0 Å². The number of hydrogen-bond donors (Lipinski definition) is 2. The second-order valence-corrected chi connectivity index (χ2v) is 4.37. The largest absolute Gasteiger partial charge is 0.393 e. The van der Waals surface area contributed by atoms with Crippen LogP contribution in [0.15, 0.2) is 30.3 Å². The van der Waals surface area contributed by atoms with Crippen molar-refractivity contribution in [3.63, 3.8) is 0 Å². The standard InChI is InChI=1S/C13H17NO2/c15-12-7-6-11(8-12)13(16)14-9-10-4-2-1-3-5-10/h1-5,11-12,15H,6-9H2,(H,14,16)/t11-,12-/m1/s1. The summed E-state index contributed by atoms with van der Waals surface area (Å²) in [5.74, 6) is 0.0686. The molecule has 2 rings (SSSR count). The Morgan fingerprint density at radius 1 is 1.31 bits per heavy atom. The molecule has 3 heteroatoms. The molecule has 1 aromatic carbocycles. The van der Waals surface area contributed by atoms with Crippen LogP contribution in [-0.4, -0.2) is 17.1 Å². The monoisotopic (exact) mass is 219 g/mol. The molecule has 2 atom stereocenters. The summed E-state index contributed by atoms with van der Waals surface area (Å²) in [7, 11) is 0. The van der Waals surface area contributed by atoms with Crippen molar-refractivity contribution in [2.45, 2.75) is 31.9 Å². The number of aliphatic hydroxyl groups excluding tert-OH is 1. The summed E-state index contributed by atoms with van der Waals surface area (Å²) in [6, 6.07) is 9.85. The zero-order valence-electron chi connectivity index (χ0n) is 9.23. The molecule has 1 aromatic rings. The first kappa shape index (κ1) is 11.1. The molecule has 1 aliphatic rings. The third kappa shape index (κ3) is 2.83. The van der Waals surface area contributed by atoms with Crippen LogP contribution in [0.3, 0.4) is 0 Å². The van der Waals surface area contributed by atoms with Crippen molar-refractivity contribution in [3.05, 3.63) is 35.9 Å². The van der Waals surface area contributed by atoms with Gasteiger partial charge in [-0.05, 0) is 24.8 Å². The van der Waals surface area contributed by atoms with Gasteiger partial charge in [0.25, 0.3) is 0 Å². The lowest BCUT2D eigenvalue weighted by atomic mass is 10.1. The lowest BCUT2D eigenvalue weighted by Gasteiger charge is -2.10. The van der Waals surface area contributed by atoms with Crippen molar-refractivity contribution in [1.82, 2.24) is 5.32 Å². The summed E-state index contributed by atoms with van der Waals surface area (Å²) in [4.78, 5) is 11.7. The first-order chi connectivity index (χ1) is 7.75. The Hall–Kier alpha value is -1.35. The third-order valence-electron chi connectivity index (χ3n) is 3.09. The molecule has 16 heavy (non-hydrogen) atoms. The number of carbonyl (C=O) groups excluding carboxylic acids is 1. The van der Waals surface area contributed by atoms with Gasteiger partial charge in [0.1, 0.15) is 0 Å². The Kier molecular flexibility index (Phi) is 3.57. The lowest BCUT2D eigenvalue weighted by Crippen LogP contribution is -2.29. The lowest BCUT2D eigenvalue weighted by molar-refractivity contribution is -0.125. The second-order valence-electron chi connectivity index (χ2n) is 4.37. The van der Waals surface area contributed by atoms with Crippen LogP contribution in [0.2, 0.25) is 0 Å². The van der Waals surface area contributed by atoms with Crippen molar-refractivity contribution in [3.8, 4) is 0 Å². The summed E-state index contributed by atoms with van der Waals surface area (Å²) in [6.45, 7) is 0.576. The normalized spacial score (nSPS) is 24.3. The maximum atomic E-state index is 11.7. The minimum atomic E-state index is -0.285. The molecule has 0 bridgehead atoms. The fourth-order valence-electron chi connectivity index (χ4n) is 2.13. The van der Waals surface area contributed by atoms with Crippen LogP contribution in [-0.2, 0) is 11.3 Å². The maximum Gasteiger partial charge on any atom is 0.223 e. The number of amides is 1. The SMILES string of the molecule is O=C(NCc1ccccc1)[C@@H]1CC[C@@H](O)C1. The topological polar surface area (TPSA) is 49.3 Å². The average molecular weight is 219 g/mol. The number of benzene rings is 1. The molecule has 0 aliphatic heterocycles. The van der Waals surface area contributed by atoms with Gasteiger partial charge in [0.05, 0.1) is 6.10 Å². The molecule has 3 nitrogen and oxygen atoms in total. The fraction of sp³-hybridized carbons (Fsp3) is 0.462. The highest BCUT2D eigenvalue weighted by molar-refractivity contribution is 5.78. The van der Waals surface area contributed by atoms with Crippen LogP contribution in [0.25, 0.3) is 0 Å². The van der Waals surface area contributed by atoms with E-state index in [1.807, 2.05) is 30.3 Å². The predicted molar refractivity (Wildman–Crippen MR) is 61.6 cm³/mol. The van der Waals surface area contributed by atoms with E-state index in [1.165, 1.54) is 0 Å². The van der Waals surface area contributed by atoms with Crippen LogP contribution in [0.5, 0.6) is 0 Å². The molecule has 0 aromatic heterocycles. The Morgan fingerprint density at radius 2 is 2.06 bits per heavy atom. The smallest absolute Gasteiger partial charge is 0.223 e. The highest BCUT2D eigenvalue weighted by atomic mass is 16.3. The molecule has 86 valence electrons. The summed E-state index contributed by atoms with van der Waals surface area (Å²) in [5, 5.41) is 12.3. The minimum Gasteiger partial charge on any atom is -0.393 e. The molecule has 0 saturated heterocycles. The number of carbonyl (C=O) groups is 1. The molecule has 1 saturated carbocycles. The summed E-state index contributed by atoms with van der Waals surface area (Å²) < 4.78 is 0. The Morgan fingerprint density at radius 3 is 2.69 bits per heavy atom. The van der Waals surface area contributed by atoms with Gasteiger partial charge in [-0.3, -0.25) is 4.79 Å². The van der Waals surface area contributed by atoms with Gasteiger partial charge in [0, 0.05) is 12.5 Å². The van der Waals surface area contributed by atoms with E-state index in [1.54, 1.807) is 0 Å². The van der Waals surface area contributed by atoms with E-state index in [0.29, 0.717) is 13.0 Å². The number of aliphatic hydroxyl groups is 1. The van der Waals surface area contributed by atoms with Crippen LogP contribution in [0.1, 0.15) is 24.8 Å². The highest BCUT2D eigenvalue weighted by Gasteiger charge is 2.28. The van der Waals surface area contributed by atoms with E-state index in [0.717, 1.165) is 18.4 Å². The number of nitrogens with one attached hydrogen (secondary N) is 1. The molecule has 1 aliphatic carbocycles. The van der Waals surface area contributed by atoms with Crippen molar-refractivity contribution in [2.75, 3.05) is 0 Å². The zero-order valence-corrected chi connectivity index (χ0v) is 9.23. The molecular formula is C13H17NO2.